The average Bonchev–Trinajstić information content (AvgIpc) is 3.59. The SMILES string of the molecule is C=CCN(C(=O)[C@@H]1[C@H]2C(=O)N([C@H](C)CO)C(C(=O)N(CC=C)C3CCCCC3)C23CC[C@@]1(C)S3)c1ccc(OCC)cc1. The number of carbonyl (C=O) groups excluding carboxylic acids is 3. The number of hydrogen-bond donors (Lipinski definition) is 1. The zero-order chi connectivity index (χ0) is 30.9. The molecule has 1 aromatic rings. The van der Waals surface area contributed by atoms with E-state index in [1.165, 1.54) is 6.42 Å². The van der Waals surface area contributed by atoms with Crippen LogP contribution in [0.3, 0.4) is 0 Å². The molecule has 6 atom stereocenters. The quantitative estimate of drug-likeness (QED) is 0.342. The van der Waals surface area contributed by atoms with Gasteiger partial charge in [-0.15, -0.1) is 24.9 Å². The minimum absolute atomic E-state index is 0.0674. The van der Waals surface area contributed by atoms with Crippen LogP contribution in [-0.4, -0.2) is 86.6 Å². The molecule has 1 aromatic carbocycles. The van der Waals surface area contributed by atoms with Crippen molar-refractivity contribution >= 4 is 35.2 Å². The van der Waals surface area contributed by atoms with Gasteiger partial charge >= 0.3 is 0 Å². The molecule has 234 valence electrons. The van der Waals surface area contributed by atoms with Crippen molar-refractivity contribution in [3.63, 3.8) is 0 Å². The minimum Gasteiger partial charge on any atom is -0.494 e. The lowest BCUT2D eigenvalue weighted by Gasteiger charge is -2.42. The summed E-state index contributed by atoms with van der Waals surface area (Å²) < 4.78 is 4.37. The number of ether oxygens (including phenoxy) is 1. The number of fused-ring (bicyclic) bond motifs is 1. The second kappa shape index (κ2) is 12.7. The predicted octanol–water partition coefficient (Wildman–Crippen LogP) is 4.81. The number of aliphatic hydroxyl groups excluding tert-OH is 1. The van der Waals surface area contributed by atoms with Gasteiger partial charge in [-0.1, -0.05) is 31.4 Å². The molecule has 2 bridgehead atoms. The minimum atomic E-state index is -0.739. The number of hydrogen-bond acceptors (Lipinski definition) is 6. The van der Waals surface area contributed by atoms with Gasteiger partial charge in [0.25, 0.3) is 0 Å². The fourth-order valence-electron chi connectivity index (χ4n) is 8.20. The molecular formula is C34H47N3O5S. The fraction of sp³-hybridized carbons (Fsp3) is 0.618. The molecule has 1 aliphatic carbocycles. The zero-order valence-corrected chi connectivity index (χ0v) is 26.7. The fourth-order valence-corrected chi connectivity index (χ4v) is 10.5. The lowest BCUT2D eigenvalue weighted by Crippen LogP contribution is -2.59. The summed E-state index contributed by atoms with van der Waals surface area (Å²) in [5, 5.41) is 10.3. The third kappa shape index (κ3) is 5.30. The molecule has 3 heterocycles. The van der Waals surface area contributed by atoms with E-state index >= 15 is 0 Å². The van der Waals surface area contributed by atoms with E-state index in [1.807, 2.05) is 36.1 Å². The van der Waals surface area contributed by atoms with Crippen molar-refractivity contribution in [1.29, 1.82) is 0 Å². The molecule has 43 heavy (non-hydrogen) atoms. The monoisotopic (exact) mass is 609 g/mol. The van der Waals surface area contributed by atoms with E-state index < -0.39 is 33.4 Å². The van der Waals surface area contributed by atoms with E-state index in [0.717, 1.165) is 37.9 Å². The Morgan fingerprint density at radius 3 is 2.40 bits per heavy atom. The van der Waals surface area contributed by atoms with Crippen molar-refractivity contribution in [2.45, 2.75) is 93.3 Å². The molecule has 3 saturated heterocycles. The van der Waals surface area contributed by atoms with Gasteiger partial charge in [0.15, 0.2) is 0 Å². The molecule has 0 radical (unpaired) electrons. The van der Waals surface area contributed by atoms with Gasteiger partial charge in [-0.2, -0.15) is 0 Å². The maximum atomic E-state index is 14.7. The number of anilines is 1. The lowest BCUT2D eigenvalue weighted by atomic mass is 9.66. The predicted molar refractivity (Wildman–Crippen MR) is 171 cm³/mol. The highest BCUT2D eigenvalue weighted by molar-refractivity contribution is 8.02. The molecule has 8 nitrogen and oxygen atoms in total. The standard InChI is InChI=1S/C34H47N3O5S/c1-6-20-35(25-14-16-26(17-15-25)42-8-3)30(39)27-28-31(40)37(23(4)22-38)29(34(28)19-18-33(27,5)43-34)32(41)36(21-7-2)24-12-10-9-11-13-24/h6-7,14-17,23-24,27-29,38H,1-2,8-13,18-22H2,3-5H3/t23-,27+,28+,29?,33-,34?/m1/s1. The summed E-state index contributed by atoms with van der Waals surface area (Å²) >= 11 is 1.67. The van der Waals surface area contributed by atoms with Crippen LogP contribution in [0.4, 0.5) is 5.69 Å². The number of aliphatic hydroxyl groups is 1. The van der Waals surface area contributed by atoms with Crippen LogP contribution in [0.1, 0.15) is 65.7 Å². The summed E-state index contributed by atoms with van der Waals surface area (Å²) in [6.45, 7) is 14.7. The topological polar surface area (TPSA) is 90.4 Å². The first-order valence-corrected chi connectivity index (χ1v) is 16.7. The van der Waals surface area contributed by atoms with Gasteiger partial charge in [0.2, 0.25) is 17.7 Å². The van der Waals surface area contributed by atoms with Crippen LogP contribution in [0, 0.1) is 11.8 Å². The average molecular weight is 610 g/mol. The molecule has 1 saturated carbocycles. The Hall–Kier alpha value is -2.78. The number of amides is 3. The molecule has 3 aliphatic heterocycles. The first-order valence-electron chi connectivity index (χ1n) is 15.9. The summed E-state index contributed by atoms with van der Waals surface area (Å²) in [6, 6.07) is 6.25. The number of thioether (sulfide) groups is 1. The van der Waals surface area contributed by atoms with Crippen molar-refractivity contribution in [2.75, 3.05) is 31.2 Å². The first kappa shape index (κ1) is 31.6. The third-order valence-corrected chi connectivity index (χ3v) is 12.1. The number of rotatable bonds is 12. The number of nitrogens with zero attached hydrogens (tertiary/aromatic N) is 3. The molecule has 5 rings (SSSR count). The van der Waals surface area contributed by atoms with Crippen LogP contribution in [-0.2, 0) is 14.4 Å². The van der Waals surface area contributed by atoms with Gasteiger partial charge in [0.1, 0.15) is 11.8 Å². The number of likely N-dealkylation sites (tertiary alicyclic amines) is 1. The molecular weight excluding hydrogens is 562 g/mol. The van der Waals surface area contributed by atoms with Gasteiger partial charge in [-0.3, -0.25) is 14.4 Å². The molecule has 4 fully saturated rings. The van der Waals surface area contributed by atoms with E-state index in [-0.39, 0.29) is 30.4 Å². The maximum Gasteiger partial charge on any atom is 0.247 e. The molecule has 3 amide bonds. The molecule has 2 unspecified atom stereocenters. The van der Waals surface area contributed by atoms with E-state index in [4.69, 9.17) is 4.74 Å². The van der Waals surface area contributed by atoms with E-state index in [0.29, 0.717) is 31.8 Å². The van der Waals surface area contributed by atoms with Crippen molar-refractivity contribution < 1.29 is 24.2 Å². The third-order valence-electron chi connectivity index (χ3n) is 10.1. The van der Waals surface area contributed by atoms with Crippen LogP contribution < -0.4 is 9.64 Å². The maximum absolute atomic E-state index is 14.7. The van der Waals surface area contributed by atoms with E-state index in [2.05, 4.69) is 20.1 Å². The highest BCUT2D eigenvalue weighted by Gasteiger charge is 2.78. The van der Waals surface area contributed by atoms with Crippen LogP contribution in [0.5, 0.6) is 5.75 Å². The Kier molecular flexibility index (Phi) is 9.33. The molecule has 4 aliphatic rings. The smallest absolute Gasteiger partial charge is 0.247 e. The van der Waals surface area contributed by atoms with Crippen molar-refractivity contribution in [1.82, 2.24) is 9.80 Å². The highest BCUT2D eigenvalue weighted by Crippen LogP contribution is 2.72. The van der Waals surface area contributed by atoms with Crippen molar-refractivity contribution in [2.24, 2.45) is 11.8 Å². The lowest BCUT2D eigenvalue weighted by molar-refractivity contribution is -0.147. The normalized spacial score (nSPS) is 30.6. The van der Waals surface area contributed by atoms with E-state index in [1.54, 1.807) is 40.6 Å². The Morgan fingerprint density at radius 1 is 1.12 bits per heavy atom. The van der Waals surface area contributed by atoms with Crippen LogP contribution in [0.2, 0.25) is 0 Å². The molecule has 9 heteroatoms. The Morgan fingerprint density at radius 2 is 1.79 bits per heavy atom. The van der Waals surface area contributed by atoms with E-state index in [9.17, 15) is 19.5 Å². The molecule has 1 spiro atoms. The van der Waals surface area contributed by atoms with Gasteiger partial charge in [-0.05, 0) is 70.7 Å². The van der Waals surface area contributed by atoms with Crippen molar-refractivity contribution in [3.8, 4) is 5.75 Å². The largest absolute Gasteiger partial charge is 0.494 e. The van der Waals surface area contributed by atoms with Gasteiger partial charge < -0.3 is 24.5 Å². The van der Waals surface area contributed by atoms with Gasteiger partial charge in [0.05, 0.1) is 35.8 Å². The zero-order valence-electron chi connectivity index (χ0n) is 25.9. The Bertz CT molecular complexity index is 1230. The molecule has 0 aromatic heterocycles. The van der Waals surface area contributed by atoms with Gasteiger partial charge in [0, 0.05) is 29.6 Å². The van der Waals surface area contributed by atoms with Crippen LogP contribution in [0.25, 0.3) is 0 Å². The summed E-state index contributed by atoms with van der Waals surface area (Å²) in [5.74, 6) is -0.929. The highest BCUT2D eigenvalue weighted by atomic mass is 32.2. The van der Waals surface area contributed by atoms with Crippen LogP contribution in [0.15, 0.2) is 49.6 Å². The van der Waals surface area contributed by atoms with Gasteiger partial charge in [-0.25, -0.2) is 0 Å². The Balaban J connectivity index is 1.54. The Labute approximate surface area is 260 Å². The first-order chi connectivity index (χ1) is 20.7. The van der Waals surface area contributed by atoms with Crippen molar-refractivity contribution in [3.05, 3.63) is 49.6 Å². The number of carbonyl (C=O) groups is 3. The summed E-state index contributed by atoms with van der Waals surface area (Å²) in [4.78, 5) is 49.2. The second-order valence-corrected chi connectivity index (χ2v) is 14.6. The summed E-state index contributed by atoms with van der Waals surface area (Å²) in [5.41, 5.74) is 0.715. The second-order valence-electron chi connectivity index (χ2n) is 12.7. The number of benzene rings is 1. The summed E-state index contributed by atoms with van der Waals surface area (Å²) in [6.07, 6.45) is 10.1. The molecule has 1 N–H and O–H groups in total. The van der Waals surface area contributed by atoms with Crippen LogP contribution >= 0.6 is 11.8 Å². The summed E-state index contributed by atoms with van der Waals surface area (Å²) in [7, 11) is 0.